The summed E-state index contributed by atoms with van der Waals surface area (Å²) in [6, 6.07) is 0. The van der Waals surface area contributed by atoms with E-state index in [0.29, 0.717) is 29.9 Å². The molecular formula is C21H27ClN8O5S. The number of nitrogens with zero attached hydrogens (tertiary/aromatic N) is 7. The van der Waals surface area contributed by atoms with Crippen molar-refractivity contribution >= 4 is 27.6 Å². The van der Waals surface area contributed by atoms with Crippen LogP contribution < -0.4 is 14.2 Å². The van der Waals surface area contributed by atoms with Crippen molar-refractivity contribution in [2.24, 2.45) is 0 Å². The van der Waals surface area contributed by atoms with E-state index in [9.17, 15) is 8.42 Å². The fourth-order valence-electron chi connectivity index (χ4n) is 3.89. The van der Waals surface area contributed by atoms with Crippen molar-refractivity contribution in [1.82, 2.24) is 34.7 Å². The molecular weight excluding hydrogens is 512 g/mol. The zero-order chi connectivity index (χ0) is 25.9. The van der Waals surface area contributed by atoms with Crippen molar-refractivity contribution in [2.45, 2.75) is 43.8 Å². The number of hydrogen-bond donors (Lipinski definition) is 1. The summed E-state index contributed by atoms with van der Waals surface area (Å²) in [5.41, 5.74) is 0.271. The van der Waals surface area contributed by atoms with Gasteiger partial charge in [0.25, 0.3) is 0 Å². The zero-order valence-electron chi connectivity index (χ0n) is 20.3. The van der Waals surface area contributed by atoms with E-state index in [-0.39, 0.29) is 29.3 Å². The second-order valence-corrected chi connectivity index (χ2v) is 10.7. The Kier molecular flexibility index (Phi) is 7.85. The van der Waals surface area contributed by atoms with Crippen LogP contribution in [0.25, 0.3) is 5.69 Å². The van der Waals surface area contributed by atoms with E-state index >= 15 is 0 Å². The molecule has 15 heteroatoms. The van der Waals surface area contributed by atoms with E-state index in [2.05, 4.69) is 34.9 Å². The molecule has 1 fully saturated rings. The molecule has 4 rings (SSSR count). The number of hydrogen-bond acceptors (Lipinski definition) is 11. The first kappa shape index (κ1) is 26.0. The normalized spacial score (nSPS) is 17.9. The van der Waals surface area contributed by atoms with E-state index in [4.69, 9.17) is 25.8 Å². The lowest BCUT2D eigenvalue weighted by Gasteiger charge is -2.24. The molecule has 36 heavy (non-hydrogen) atoms. The Hall–Kier alpha value is -3.10. The molecule has 3 aromatic heterocycles. The van der Waals surface area contributed by atoms with E-state index in [1.165, 1.54) is 37.5 Å². The van der Waals surface area contributed by atoms with Crippen molar-refractivity contribution in [1.29, 1.82) is 0 Å². The molecule has 0 bridgehead atoms. The highest BCUT2D eigenvalue weighted by molar-refractivity contribution is 7.93. The summed E-state index contributed by atoms with van der Waals surface area (Å²) >= 11 is 5.87. The lowest BCUT2D eigenvalue weighted by atomic mass is 10.0. The second kappa shape index (κ2) is 10.9. The number of methoxy groups -OCH3 is 2. The minimum absolute atomic E-state index is 0.0574. The van der Waals surface area contributed by atoms with Gasteiger partial charge in [0.1, 0.15) is 18.0 Å². The first-order valence-corrected chi connectivity index (χ1v) is 13.1. The topological polar surface area (TPSA) is 156 Å². The third-order valence-electron chi connectivity index (χ3n) is 6.05. The van der Waals surface area contributed by atoms with Gasteiger partial charge < -0.3 is 14.2 Å². The van der Waals surface area contributed by atoms with Crippen LogP contribution in [0.1, 0.15) is 50.2 Å². The molecule has 194 valence electrons. The molecule has 1 N–H and O–H groups in total. The van der Waals surface area contributed by atoms with Crippen molar-refractivity contribution in [2.75, 3.05) is 32.2 Å². The van der Waals surface area contributed by atoms with Crippen LogP contribution in [0, 0.1) is 0 Å². The van der Waals surface area contributed by atoms with Crippen molar-refractivity contribution in [3.8, 4) is 17.4 Å². The van der Waals surface area contributed by atoms with Gasteiger partial charge >= 0.3 is 0 Å². The number of anilines is 1. The summed E-state index contributed by atoms with van der Waals surface area (Å²) < 4.78 is 47.6. The SMILES string of the molecule is COc1ncnc(OC)c1-n1c(NS(=O)(=O)C(C)C(C)c2ncc(Cl)cn2)nnc1[C@H]1CCCOC1. The third-order valence-corrected chi connectivity index (χ3v) is 8.10. The molecule has 4 heterocycles. The Morgan fingerprint density at radius 3 is 2.36 bits per heavy atom. The molecule has 0 amide bonds. The van der Waals surface area contributed by atoms with Crippen LogP contribution in [-0.2, 0) is 14.8 Å². The smallest absolute Gasteiger partial charge is 0.245 e. The lowest BCUT2D eigenvalue weighted by Crippen LogP contribution is -2.31. The van der Waals surface area contributed by atoms with Crippen LogP contribution >= 0.6 is 11.6 Å². The molecule has 0 radical (unpaired) electrons. The fraction of sp³-hybridized carbons (Fsp3) is 0.524. The van der Waals surface area contributed by atoms with Crippen LogP contribution in [0.4, 0.5) is 5.95 Å². The molecule has 0 spiro atoms. The Morgan fingerprint density at radius 1 is 1.11 bits per heavy atom. The van der Waals surface area contributed by atoms with Crippen molar-refractivity contribution < 1.29 is 22.6 Å². The molecule has 2 unspecified atom stereocenters. The summed E-state index contributed by atoms with van der Waals surface area (Å²) in [6.07, 6.45) is 5.75. The monoisotopic (exact) mass is 538 g/mol. The fourth-order valence-corrected chi connectivity index (χ4v) is 5.21. The molecule has 1 aliphatic heterocycles. The average molecular weight is 539 g/mol. The zero-order valence-corrected chi connectivity index (χ0v) is 21.8. The lowest BCUT2D eigenvalue weighted by molar-refractivity contribution is 0.0775. The van der Waals surface area contributed by atoms with Gasteiger partial charge in [-0.25, -0.2) is 18.4 Å². The van der Waals surface area contributed by atoms with Gasteiger partial charge in [0, 0.05) is 30.8 Å². The Morgan fingerprint density at radius 2 is 1.78 bits per heavy atom. The maximum absolute atomic E-state index is 13.5. The van der Waals surface area contributed by atoms with E-state index in [1.807, 2.05) is 0 Å². The predicted molar refractivity (Wildman–Crippen MR) is 130 cm³/mol. The molecule has 0 aromatic carbocycles. The Balaban J connectivity index is 1.77. The number of aromatic nitrogens is 7. The predicted octanol–water partition coefficient (Wildman–Crippen LogP) is 2.35. The number of nitrogens with one attached hydrogen (secondary N) is 1. The van der Waals surface area contributed by atoms with Crippen LogP contribution in [0.3, 0.4) is 0 Å². The van der Waals surface area contributed by atoms with Crippen LogP contribution in [0.2, 0.25) is 5.02 Å². The number of halogens is 1. The standard InChI is InChI=1S/C21H27ClN8O5S/c1-12(17-23-8-15(22)9-24-17)13(2)36(31,32)29-21-28-27-18(14-6-5-7-35-10-14)30(21)16-19(33-3)25-11-26-20(16)34-4/h8-9,11-14H,5-7,10H2,1-4H3,(H,28,29)/t12?,13?,14-/m0/s1. The summed E-state index contributed by atoms with van der Waals surface area (Å²) in [7, 11) is -1.11. The first-order chi connectivity index (χ1) is 17.3. The summed E-state index contributed by atoms with van der Waals surface area (Å²) in [4.78, 5) is 16.7. The highest BCUT2D eigenvalue weighted by Crippen LogP contribution is 2.36. The van der Waals surface area contributed by atoms with Crippen molar-refractivity contribution in [3.05, 3.63) is 35.4 Å². The number of rotatable bonds is 9. The summed E-state index contributed by atoms with van der Waals surface area (Å²) in [5.74, 6) is 0.397. The molecule has 13 nitrogen and oxygen atoms in total. The first-order valence-electron chi connectivity index (χ1n) is 11.2. The van der Waals surface area contributed by atoms with Gasteiger partial charge in [-0.05, 0) is 19.8 Å². The van der Waals surface area contributed by atoms with Crippen LogP contribution in [0.15, 0.2) is 18.7 Å². The molecule has 1 aliphatic rings. The van der Waals surface area contributed by atoms with Gasteiger partial charge in [-0.1, -0.05) is 18.5 Å². The highest BCUT2D eigenvalue weighted by atomic mass is 35.5. The Bertz CT molecular complexity index is 1280. The minimum Gasteiger partial charge on any atom is -0.479 e. The average Bonchev–Trinajstić information content (AvgIpc) is 3.30. The number of ether oxygens (including phenoxy) is 3. The van der Waals surface area contributed by atoms with E-state index in [0.717, 1.165) is 12.8 Å². The summed E-state index contributed by atoms with van der Waals surface area (Å²) in [5, 5.41) is 7.94. The van der Waals surface area contributed by atoms with Gasteiger partial charge in [-0.3, -0.25) is 9.29 Å². The van der Waals surface area contributed by atoms with Gasteiger partial charge in [0.2, 0.25) is 27.7 Å². The third kappa shape index (κ3) is 5.20. The van der Waals surface area contributed by atoms with Gasteiger partial charge in [-0.15, -0.1) is 10.2 Å². The van der Waals surface area contributed by atoms with Crippen molar-refractivity contribution in [3.63, 3.8) is 0 Å². The van der Waals surface area contributed by atoms with Gasteiger partial charge in [-0.2, -0.15) is 9.97 Å². The summed E-state index contributed by atoms with van der Waals surface area (Å²) in [6.45, 7) is 4.34. The molecule has 3 aromatic rings. The number of sulfonamides is 1. The second-order valence-electron chi connectivity index (χ2n) is 8.27. The largest absolute Gasteiger partial charge is 0.479 e. The quantitative estimate of drug-likeness (QED) is 0.426. The van der Waals surface area contributed by atoms with Crippen LogP contribution in [0.5, 0.6) is 11.8 Å². The molecule has 3 atom stereocenters. The molecule has 1 saturated heterocycles. The van der Waals surface area contributed by atoms with Crippen LogP contribution in [-0.4, -0.2) is 75.8 Å². The minimum atomic E-state index is -4.00. The maximum atomic E-state index is 13.5. The highest BCUT2D eigenvalue weighted by Gasteiger charge is 2.34. The Labute approximate surface area is 213 Å². The van der Waals surface area contributed by atoms with E-state index in [1.54, 1.807) is 13.8 Å². The van der Waals surface area contributed by atoms with E-state index < -0.39 is 21.2 Å². The molecule has 0 saturated carbocycles. The molecule has 0 aliphatic carbocycles. The maximum Gasteiger partial charge on any atom is 0.245 e. The van der Waals surface area contributed by atoms with Gasteiger partial charge in [0.15, 0.2) is 5.69 Å². The van der Waals surface area contributed by atoms with Gasteiger partial charge in [0.05, 0.1) is 31.1 Å².